The molecule has 63 heavy (non-hydrogen) atoms. The van der Waals surface area contributed by atoms with Crippen LogP contribution < -0.4 is 4.90 Å². The highest BCUT2D eigenvalue weighted by Gasteiger charge is 2.66. The van der Waals surface area contributed by atoms with E-state index in [1.54, 1.807) is 5.57 Å². The molecule has 0 aliphatic heterocycles. The van der Waals surface area contributed by atoms with Crippen molar-refractivity contribution in [2.24, 2.45) is 63.6 Å². The highest BCUT2D eigenvalue weighted by molar-refractivity contribution is 5.93. The summed E-state index contributed by atoms with van der Waals surface area (Å²) in [6.07, 6.45) is 15.3. The smallest absolute Gasteiger partial charge is 0.305 e. The van der Waals surface area contributed by atoms with Gasteiger partial charge in [0.05, 0.1) is 32.0 Å². The largest absolute Gasteiger partial charge is 0.469 e. The van der Waals surface area contributed by atoms with Gasteiger partial charge in [0, 0.05) is 43.5 Å². The van der Waals surface area contributed by atoms with Gasteiger partial charge in [-0.15, -0.1) is 5.92 Å². The van der Waals surface area contributed by atoms with Crippen molar-refractivity contribution in [1.82, 2.24) is 0 Å². The fourth-order valence-electron chi connectivity index (χ4n) is 16.7. The van der Waals surface area contributed by atoms with E-state index in [0.717, 1.165) is 102 Å². The van der Waals surface area contributed by atoms with Gasteiger partial charge in [-0.1, -0.05) is 51.3 Å². The quantitative estimate of drug-likeness (QED) is 0.158. The Hall–Kier alpha value is -2.96. The number of ketones is 1. The summed E-state index contributed by atoms with van der Waals surface area (Å²) in [5, 5.41) is 36.1. The molecule has 16 atom stereocenters. The molecule has 9 rings (SSSR count). The van der Waals surface area contributed by atoms with Gasteiger partial charge in [-0.2, -0.15) is 0 Å². The number of likely N-dealkylation sites (N-methyl/N-ethyl adjacent to an activating group) is 1. The minimum absolute atomic E-state index is 0.0798. The zero-order valence-corrected chi connectivity index (χ0v) is 39.5. The molecule has 0 amide bonds. The molecule has 1 aromatic rings. The van der Waals surface area contributed by atoms with Crippen molar-refractivity contribution in [1.29, 1.82) is 0 Å². The Labute approximate surface area is 378 Å². The lowest BCUT2D eigenvalue weighted by atomic mass is 9.43. The zero-order chi connectivity index (χ0) is 44.6. The normalized spacial score (nSPS) is 43.2. The third kappa shape index (κ3) is 7.41. The van der Waals surface area contributed by atoms with E-state index < -0.39 is 11.7 Å². The molecule has 6 saturated carbocycles. The van der Waals surface area contributed by atoms with Gasteiger partial charge >= 0.3 is 5.97 Å². The molecule has 0 heterocycles. The topological polar surface area (TPSA) is 117 Å². The van der Waals surface area contributed by atoms with Gasteiger partial charge in [0.2, 0.25) is 0 Å². The first kappa shape index (κ1) is 45.2. The summed E-state index contributed by atoms with van der Waals surface area (Å²) in [5.41, 5.74) is 5.24. The Morgan fingerprint density at radius 1 is 0.952 bits per heavy atom. The van der Waals surface area contributed by atoms with Gasteiger partial charge in [0.25, 0.3) is 0 Å². The van der Waals surface area contributed by atoms with Crippen LogP contribution in [-0.4, -0.2) is 78.3 Å². The summed E-state index contributed by atoms with van der Waals surface area (Å²) in [5.74, 6) is 9.29. The number of aliphatic hydroxyl groups excluding tert-OH is 2. The average molecular weight is 864 g/mol. The van der Waals surface area contributed by atoms with Crippen molar-refractivity contribution in [3.8, 4) is 11.8 Å². The summed E-state index contributed by atoms with van der Waals surface area (Å²) in [7, 11) is 3.60. The van der Waals surface area contributed by atoms with Crippen LogP contribution in [0.15, 0.2) is 47.1 Å². The number of fused-ring (bicyclic) bond motifs is 9. The summed E-state index contributed by atoms with van der Waals surface area (Å²) in [6, 6.07) is 9.13. The minimum atomic E-state index is -0.982. The van der Waals surface area contributed by atoms with Crippen molar-refractivity contribution in [2.75, 3.05) is 32.2 Å². The first-order valence-corrected chi connectivity index (χ1v) is 25.0. The SMILES string of the molecule is CC#C[C@@]1(O)CCC2C3CCC4=CC(=O)CCC4=C3[C@H](c3ccc(N(C)CCO[C@H]4CC[C@@]5(C)[C@@H](C4)C[C@@H](O)[C@@H]4[C@@H]5C[C@H](O)[C@]5(C)[C@@H]([C@H](C)CCC(=O)OC)CC[C@@H]45)cc3)C[C@@]21C. The Bertz CT molecular complexity index is 2050. The number of carbonyl (C=O) groups excluding carboxylic acids is 2. The number of anilines is 1. The predicted octanol–water partition coefficient (Wildman–Crippen LogP) is 9.35. The van der Waals surface area contributed by atoms with E-state index in [-0.39, 0.29) is 52.0 Å². The monoisotopic (exact) mass is 864 g/mol. The standard InChI is InChI=1S/C55H77NO7/c1-8-23-55(61)25-22-44-41-16-12-35-28-38(57)15-17-40(35)50(41)42(32-53(44,55)4)34-10-13-37(14-11-34)56(6)26-27-63-39-21-24-52(3)36(29-39)30-47(58)51-45-19-18-43(33(2)9-20-49(60)62-7)54(45,5)48(59)31-46(51)52/h10-11,13-14,28,33,36,39,41-48,51,58-59,61H,9,12,15-22,24-27,29-32H2,1-7H3/t33-,36+,39+,41?,42+,43-,44?,45+,46+,47-,48+,51+,52+,53+,54-,55-/m1/s1. The van der Waals surface area contributed by atoms with Crippen LogP contribution in [0.5, 0.6) is 0 Å². The molecule has 0 saturated heterocycles. The van der Waals surface area contributed by atoms with Crippen molar-refractivity contribution < 1.29 is 34.4 Å². The number of rotatable bonds is 10. The number of carbonyl (C=O) groups is 2. The van der Waals surface area contributed by atoms with Gasteiger partial charge < -0.3 is 29.7 Å². The zero-order valence-electron chi connectivity index (χ0n) is 39.5. The van der Waals surface area contributed by atoms with Gasteiger partial charge in [-0.3, -0.25) is 9.59 Å². The minimum Gasteiger partial charge on any atom is -0.469 e. The van der Waals surface area contributed by atoms with E-state index in [0.29, 0.717) is 60.9 Å². The second kappa shape index (κ2) is 17.0. The van der Waals surface area contributed by atoms with Crippen molar-refractivity contribution in [3.05, 3.63) is 52.6 Å². The molecule has 0 spiro atoms. The number of ether oxygens (including phenoxy) is 2. The number of allylic oxidation sites excluding steroid dienone is 4. The maximum Gasteiger partial charge on any atom is 0.305 e. The molecule has 0 aromatic heterocycles. The molecule has 1 aromatic carbocycles. The second-order valence-electron chi connectivity index (χ2n) is 22.7. The molecule has 0 bridgehead atoms. The molecule has 2 unspecified atom stereocenters. The van der Waals surface area contributed by atoms with E-state index in [1.165, 1.54) is 23.8 Å². The molecule has 0 radical (unpaired) electrons. The van der Waals surface area contributed by atoms with Crippen LogP contribution in [0.1, 0.15) is 149 Å². The van der Waals surface area contributed by atoms with Gasteiger partial charge in [-0.05, 0) is 190 Å². The lowest BCUT2D eigenvalue weighted by Gasteiger charge is -2.63. The van der Waals surface area contributed by atoms with Crippen LogP contribution in [0.3, 0.4) is 0 Å². The van der Waals surface area contributed by atoms with Crippen LogP contribution in [0, 0.1) is 75.4 Å². The van der Waals surface area contributed by atoms with E-state index >= 15 is 0 Å². The van der Waals surface area contributed by atoms with E-state index in [2.05, 4.69) is 75.7 Å². The van der Waals surface area contributed by atoms with E-state index in [1.807, 2.05) is 13.0 Å². The first-order valence-electron chi connectivity index (χ1n) is 25.0. The number of methoxy groups -OCH3 is 1. The van der Waals surface area contributed by atoms with Crippen molar-refractivity contribution >= 4 is 17.4 Å². The fourth-order valence-corrected chi connectivity index (χ4v) is 16.7. The predicted molar refractivity (Wildman–Crippen MR) is 247 cm³/mol. The van der Waals surface area contributed by atoms with Crippen LogP contribution >= 0.6 is 0 Å². The Morgan fingerprint density at radius 3 is 2.48 bits per heavy atom. The molecule has 8 aliphatic rings. The van der Waals surface area contributed by atoms with Crippen LogP contribution in [0.4, 0.5) is 5.69 Å². The number of aliphatic hydroxyl groups is 3. The third-order valence-corrected chi connectivity index (χ3v) is 20.3. The first-order chi connectivity index (χ1) is 30.1. The molecule has 8 aliphatic carbocycles. The Kier molecular flexibility index (Phi) is 12.2. The van der Waals surface area contributed by atoms with Crippen LogP contribution in [-0.2, 0) is 19.1 Å². The van der Waals surface area contributed by atoms with Gasteiger partial charge in [0.15, 0.2) is 5.78 Å². The highest BCUT2D eigenvalue weighted by atomic mass is 16.5. The average Bonchev–Trinajstić information content (AvgIpc) is 3.76. The number of nitrogens with zero attached hydrogens (tertiary/aromatic N) is 1. The number of esters is 1. The molecule has 6 fully saturated rings. The third-order valence-electron chi connectivity index (χ3n) is 20.3. The van der Waals surface area contributed by atoms with E-state index in [9.17, 15) is 24.9 Å². The van der Waals surface area contributed by atoms with Crippen molar-refractivity contribution in [3.63, 3.8) is 0 Å². The Morgan fingerprint density at radius 2 is 1.73 bits per heavy atom. The number of hydrogen-bond acceptors (Lipinski definition) is 8. The van der Waals surface area contributed by atoms with Crippen LogP contribution in [0.25, 0.3) is 0 Å². The molecule has 344 valence electrons. The molecule has 8 heteroatoms. The summed E-state index contributed by atoms with van der Waals surface area (Å²) < 4.78 is 11.6. The van der Waals surface area contributed by atoms with Gasteiger partial charge in [0.1, 0.15) is 5.60 Å². The van der Waals surface area contributed by atoms with Crippen molar-refractivity contribution in [2.45, 2.75) is 167 Å². The molecule has 3 N–H and O–H groups in total. The molecular weight excluding hydrogens is 787 g/mol. The second-order valence-corrected chi connectivity index (χ2v) is 22.7. The van der Waals surface area contributed by atoms with E-state index in [4.69, 9.17) is 9.47 Å². The van der Waals surface area contributed by atoms with Crippen LogP contribution in [0.2, 0.25) is 0 Å². The molecular formula is C55H77NO7. The van der Waals surface area contributed by atoms with Gasteiger partial charge in [-0.25, -0.2) is 0 Å². The molecule has 8 nitrogen and oxygen atoms in total. The Balaban J connectivity index is 0.837. The summed E-state index contributed by atoms with van der Waals surface area (Å²) in [6.45, 7) is 12.6. The maximum absolute atomic E-state index is 12.5. The maximum atomic E-state index is 12.5. The summed E-state index contributed by atoms with van der Waals surface area (Å²) >= 11 is 0. The summed E-state index contributed by atoms with van der Waals surface area (Å²) in [4.78, 5) is 26.8. The lowest BCUT2D eigenvalue weighted by molar-refractivity contribution is -0.209. The number of hydrogen-bond donors (Lipinski definition) is 3. The fraction of sp³-hybridized carbons (Fsp3) is 0.745. The lowest BCUT2D eigenvalue weighted by Crippen LogP contribution is -2.62. The highest BCUT2D eigenvalue weighted by Crippen LogP contribution is 2.69. The number of benzene rings is 1.